The number of carbonyl (C=O) groups excluding carboxylic acids is 2. The van der Waals surface area contributed by atoms with Gasteiger partial charge in [-0.05, 0) is 81.0 Å². The molecule has 0 spiro atoms. The van der Waals surface area contributed by atoms with E-state index in [4.69, 9.17) is 9.15 Å². The number of carboxylic acid groups (broad SMARTS) is 1. The molecule has 3 amide bonds. The SMILES string of the molecule is CC(C)c1cnc2c(C(=O)Nc3cnccc3[C@@H]3C[C@H](C)C[C@H](NC(=O)O)C3)c(NC(=O)OC(C)(C)C)oc2c1. The van der Waals surface area contributed by atoms with Crippen LogP contribution in [0, 0.1) is 5.92 Å². The number of pyridine rings is 2. The Hall–Kier alpha value is -4.15. The Bertz CT molecular complexity index is 1410. The number of rotatable bonds is 6. The van der Waals surface area contributed by atoms with Crippen LogP contribution in [0.3, 0.4) is 0 Å². The highest BCUT2D eigenvalue weighted by atomic mass is 16.6. The van der Waals surface area contributed by atoms with Gasteiger partial charge in [0.15, 0.2) is 5.58 Å². The standard InChI is InChI=1S/C29H37N5O6/c1-15(2)18-12-22-24(31-13-18)23(26(39-22)34-28(38)40-29(4,5)6)25(35)33-21-14-30-8-7-20(21)17-9-16(3)10-19(11-17)32-27(36)37/h7-8,12-17,19,32H,9-11H2,1-6H3,(H,33,35)(H,34,38)(H,36,37)/t16-,17+,19-/m0/s1. The molecule has 0 bridgehead atoms. The number of hydrogen-bond acceptors (Lipinski definition) is 7. The van der Waals surface area contributed by atoms with Crippen molar-refractivity contribution in [1.29, 1.82) is 0 Å². The quantitative estimate of drug-likeness (QED) is 0.271. The van der Waals surface area contributed by atoms with Gasteiger partial charge in [-0.1, -0.05) is 20.8 Å². The molecule has 40 heavy (non-hydrogen) atoms. The topological polar surface area (TPSA) is 156 Å². The lowest BCUT2D eigenvalue weighted by molar-refractivity contribution is 0.0632. The van der Waals surface area contributed by atoms with Crippen LogP contribution in [0.5, 0.6) is 0 Å². The van der Waals surface area contributed by atoms with E-state index >= 15 is 0 Å². The molecule has 3 heterocycles. The minimum Gasteiger partial charge on any atom is -0.465 e. The second kappa shape index (κ2) is 11.5. The third kappa shape index (κ3) is 6.88. The molecule has 3 aromatic rings. The summed E-state index contributed by atoms with van der Waals surface area (Å²) in [4.78, 5) is 46.4. The van der Waals surface area contributed by atoms with Crippen molar-refractivity contribution in [3.8, 4) is 0 Å². The molecule has 1 aliphatic rings. The lowest BCUT2D eigenvalue weighted by Crippen LogP contribution is -2.39. The van der Waals surface area contributed by atoms with Crippen LogP contribution in [0.4, 0.5) is 21.2 Å². The zero-order chi connectivity index (χ0) is 29.2. The number of fused-ring (bicyclic) bond motifs is 1. The number of ether oxygens (including phenoxy) is 1. The van der Waals surface area contributed by atoms with Gasteiger partial charge < -0.3 is 24.9 Å². The zero-order valence-electron chi connectivity index (χ0n) is 23.7. The Morgan fingerprint density at radius 3 is 2.55 bits per heavy atom. The van der Waals surface area contributed by atoms with Crippen molar-refractivity contribution in [3.63, 3.8) is 0 Å². The molecule has 214 valence electrons. The maximum absolute atomic E-state index is 13.8. The molecule has 4 N–H and O–H groups in total. The molecule has 4 rings (SSSR count). The third-order valence-electron chi connectivity index (χ3n) is 6.87. The van der Waals surface area contributed by atoms with E-state index in [2.05, 4.69) is 32.8 Å². The fourth-order valence-corrected chi connectivity index (χ4v) is 5.20. The van der Waals surface area contributed by atoms with Crippen LogP contribution in [0.15, 0.2) is 35.1 Å². The summed E-state index contributed by atoms with van der Waals surface area (Å²) < 4.78 is 11.3. The summed E-state index contributed by atoms with van der Waals surface area (Å²) in [6.45, 7) is 11.3. The van der Waals surface area contributed by atoms with E-state index in [9.17, 15) is 19.5 Å². The maximum atomic E-state index is 13.8. The van der Waals surface area contributed by atoms with Gasteiger partial charge in [-0.2, -0.15) is 0 Å². The highest BCUT2D eigenvalue weighted by Crippen LogP contribution is 2.39. The van der Waals surface area contributed by atoms with Gasteiger partial charge in [0.05, 0.1) is 11.9 Å². The number of carbonyl (C=O) groups is 3. The number of amides is 3. The van der Waals surface area contributed by atoms with Gasteiger partial charge in [0, 0.05) is 18.4 Å². The van der Waals surface area contributed by atoms with Gasteiger partial charge >= 0.3 is 12.2 Å². The van der Waals surface area contributed by atoms with Crippen molar-refractivity contribution < 1.29 is 28.6 Å². The van der Waals surface area contributed by atoms with Gasteiger partial charge in [-0.15, -0.1) is 0 Å². The van der Waals surface area contributed by atoms with Crippen molar-refractivity contribution in [2.75, 3.05) is 10.6 Å². The Balaban J connectivity index is 1.68. The lowest BCUT2D eigenvalue weighted by Gasteiger charge is -2.34. The average Bonchev–Trinajstić information content (AvgIpc) is 3.19. The largest absolute Gasteiger partial charge is 0.465 e. The summed E-state index contributed by atoms with van der Waals surface area (Å²) in [6.07, 6.45) is 5.28. The van der Waals surface area contributed by atoms with Crippen LogP contribution in [-0.2, 0) is 4.74 Å². The lowest BCUT2D eigenvalue weighted by atomic mass is 9.76. The van der Waals surface area contributed by atoms with E-state index in [1.165, 1.54) is 0 Å². The minimum atomic E-state index is -1.05. The highest BCUT2D eigenvalue weighted by Gasteiger charge is 2.31. The zero-order valence-corrected chi connectivity index (χ0v) is 23.7. The van der Waals surface area contributed by atoms with Crippen LogP contribution in [-0.4, -0.2) is 44.8 Å². The van der Waals surface area contributed by atoms with E-state index in [1.54, 1.807) is 45.4 Å². The first-order valence-corrected chi connectivity index (χ1v) is 13.5. The van der Waals surface area contributed by atoms with Gasteiger partial charge in [0.2, 0.25) is 5.88 Å². The normalized spacial score (nSPS) is 19.3. The molecular formula is C29H37N5O6. The van der Waals surface area contributed by atoms with Crippen molar-refractivity contribution in [2.45, 2.75) is 84.3 Å². The van der Waals surface area contributed by atoms with E-state index in [-0.39, 0.29) is 35.2 Å². The Morgan fingerprint density at radius 1 is 1.12 bits per heavy atom. The first-order chi connectivity index (χ1) is 18.8. The summed E-state index contributed by atoms with van der Waals surface area (Å²) in [7, 11) is 0. The van der Waals surface area contributed by atoms with Crippen molar-refractivity contribution >= 4 is 40.8 Å². The molecule has 0 saturated heterocycles. The molecule has 1 saturated carbocycles. The molecule has 0 aliphatic heterocycles. The summed E-state index contributed by atoms with van der Waals surface area (Å²) >= 11 is 0. The number of furan rings is 1. The number of nitrogens with one attached hydrogen (secondary N) is 3. The minimum absolute atomic E-state index is 0.00563. The predicted molar refractivity (Wildman–Crippen MR) is 151 cm³/mol. The first-order valence-electron chi connectivity index (χ1n) is 13.5. The number of hydrogen-bond donors (Lipinski definition) is 4. The van der Waals surface area contributed by atoms with Crippen molar-refractivity contribution in [3.05, 3.63) is 47.4 Å². The van der Waals surface area contributed by atoms with Gasteiger partial charge in [0.1, 0.15) is 16.7 Å². The number of anilines is 2. The fourth-order valence-electron chi connectivity index (χ4n) is 5.20. The molecule has 0 radical (unpaired) electrons. The maximum Gasteiger partial charge on any atom is 0.414 e. The third-order valence-corrected chi connectivity index (χ3v) is 6.87. The van der Waals surface area contributed by atoms with E-state index in [1.807, 2.05) is 19.9 Å². The predicted octanol–water partition coefficient (Wildman–Crippen LogP) is 6.49. The summed E-state index contributed by atoms with van der Waals surface area (Å²) in [5, 5.41) is 17.4. The summed E-state index contributed by atoms with van der Waals surface area (Å²) in [6, 6.07) is 3.46. The molecule has 0 aromatic carbocycles. The number of nitrogens with zero attached hydrogens (tertiary/aromatic N) is 2. The number of aromatic nitrogens is 2. The Morgan fingerprint density at radius 2 is 1.88 bits per heavy atom. The smallest absolute Gasteiger partial charge is 0.414 e. The van der Waals surface area contributed by atoms with Crippen LogP contribution in [0.1, 0.15) is 94.1 Å². The second-order valence-corrected chi connectivity index (χ2v) is 11.8. The average molecular weight is 552 g/mol. The van der Waals surface area contributed by atoms with Crippen LogP contribution in [0.25, 0.3) is 11.1 Å². The Kier molecular flexibility index (Phi) is 8.32. The van der Waals surface area contributed by atoms with E-state index < -0.39 is 23.7 Å². The fraction of sp³-hybridized carbons (Fsp3) is 0.483. The summed E-state index contributed by atoms with van der Waals surface area (Å²) in [5.74, 6) is -0.137. The van der Waals surface area contributed by atoms with Gasteiger partial charge in [-0.3, -0.25) is 20.1 Å². The molecule has 11 nitrogen and oxygen atoms in total. The van der Waals surface area contributed by atoms with Crippen molar-refractivity contribution in [2.24, 2.45) is 5.92 Å². The molecule has 3 atom stereocenters. The molecule has 3 aromatic heterocycles. The van der Waals surface area contributed by atoms with Gasteiger partial charge in [0.25, 0.3) is 5.91 Å². The Labute approximate surface area is 233 Å². The highest BCUT2D eigenvalue weighted by molar-refractivity contribution is 6.16. The monoisotopic (exact) mass is 551 g/mol. The first kappa shape index (κ1) is 28.8. The van der Waals surface area contributed by atoms with E-state index in [0.717, 1.165) is 24.0 Å². The van der Waals surface area contributed by atoms with Crippen LogP contribution in [0.2, 0.25) is 0 Å². The molecular weight excluding hydrogens is 514 g/mol. The van der Waals surface area contributed by atoms with E-state index in [0.29, 0.717) is 23.2 Å². The molecule has 0 unspecified atom stereocenters. The van der Waals surface area contributed by atoms with Gasteiger partial charge in [-0.25, -0.2) is 9.59 Å². The summed E-state index contributed by atoms with van der Waals surface area (Å²) in [5.41, 5.74) is 2.24. The van der Waals surface area contributed by atoms with Crippen molar-refractivity contribution in [1.82, 2.24) is 15.3 Å². The van der Waals surface area contributed by atoms with Crippen LogP contribution >= 0.6 is 0 Å². The molecule has 1 aliphatic carbocycles. The van der Waals surface area contributed by atoms with Crippen LogP contribution < -0.4 is 16.0 Å². The molecule has 1 fully saturated rings. The molecule has 11 heteroatoms. The second-order valence-electron chi connectivity index (χ2n) is 11.8.